The van der Waals surface area contributed by atoms with Crippen molar-refractivity contribution < 1.29 is 9.53 Å². The van der Waals surface area contributed by atoms with Crippen molar-refractivity contribution in [2.45, 2.75) is 65.2 Å². The Morgan fingerprint density at radius 1 is 1.05 bits per heavy atom. The Hall–Kier alpha value is -1.02. The topological polar surface area (TPSA) is 26.3 Å². The molecule has 1 rings (SSSR count). The number of hydrogen-bond donors (Lipinski definition) is 0. The van der Waals surface area contributed by atoms with Crippen LogP contribution in [0, 0.1) is 0 Å². The molecule has 1 aromatic rings. The molecule has 0 atom stereocenters. The predicted octanol–water partition coefficient (Wildman–Crippen LogP) is 5.49. The van der Waals surface area contributed by atoms with Gasteiger partial charge in [0, 0.05) is 29.0 Å². The molecule has 124 valence electrons. The zero-order valence-corrected chi connectivity index (χ0v) is 15.7. The summed E-state index contributed by atoms with van der Waals surface area (Å²) in [5.74, 6) is 1.56. The van der Waals surface area contributed by atoms with E-state index in [-0.39, 0.29) is 16.6 Å². The van der Waals surface area contributed by atoms with E-state index in [0.29, 0.717) is 18.7 Å². The molecule has 0 saturated heterocycles. The fourth-order valence-electron chi connectivity index (χ4n) is 2.50. The number of alkyl halides is 1. The maximum atomic E-state index is 12.5. The maximum absolute atomic E-state index is 12.5. The van der Waals surface area contributed by atoms with Gasteiger partial charge in [0.2, 0.25) is 0 Å². The molecule has 0 N–H and O–H groups in total. The standard InChI is InChI=1S/C19H29ClO2/c1-18(2,3)14-11-13(16(21)9-8-10-20)12-15(17(14)22-7)19(4,5)6/h11-12H,8-10H2,1-7H3. The molecule has 0 bridgehead atoms. The van der Waals surface area contributed by atoms with Crippen LogP contribution < -0.4 is 4.74 Å². The lowest BCUT2D eigenvalue weighted by Crippen LogP contribution is -2.20. The van der Waals surface area contributed by atoms with Crippen molar-refractivity contribution in [1.82, 2.24) is 0 Å². The van der Waals surface area contributed by atoms with Crippen molar-refractivity contribution in [3.8, 4) is 5.75 Å². The van der Waals surface area contributed by atoms with E-state index in [1.54, 1.807) is 7.11 Å². The van der Waals surface area contributed by atoms with Crippen LogP contribution in [-0.2, 0) is 10.8 Å². The van der Waals surface area contributed by atoms with E-state index in [1.807, 2.05) is 12.1 Å². The van der Waals surface area contributed by atoms with Gasteiger partial charge in [-0.2, -0.15) is 0 Å². The van der Waals surface area contributed by atoms with Gasteiger partial charge in [-0.3, -0.25) is 4.79 Å². The summed E-state index contributed by atoms with van der Waals surface area (Å²) in [6, 6.07) is 3.98. The van der Waals surface area contributed by atoms with Crippen LogP contribution >= 0.6 is 11.6 Å². The third kappa shape index (κ3) is 4.49. The number of rotatable bonds is 5. The summed E-state index contributed by atoms with van der Waals surface area (Å²) in [5.41, 5.74) is 2.75. The van der Waals surface area contributed by atoms with Crippen molar-refractivity contribution in [2.24, 2.45) is 0 Å². The third-order valence-corrected chi connectivity index (χ3v) is 4.04. The van der Waals surface area contributed by atoms with Gasteiger partial charge in [0.05, 0.1) is 7.11 Å². The summed E-state index contributed by atoms with van der Waals surface area (Å²) in [5, 5.41) is 0. The molecule has 0 amide bonds. The molecule has 0 aromatic heterocycles. The number of halogens is 1. The zero-order valence-electron chi connectivity index (χ0n) is 15.0. The predicted molar refractivity (Wildman–Crippen MR) is 94.7 cm³/mol. The number of ketones is 1. The molecule has 0 spiro atoms. The van der Waals surface area contributed by atoms with Gasteiger partial charge in [0.15, 0.2) is 5.78 Å². The minimum atomic E-state index is -0.0892. The first-order chi connectivity index (χ1) is 10.0. The van der Waals surface area contributed by atoms with E-state index in [9.17, 15) is 4.79 Å². The first-order valence-electron chi connectivity index (χ1n) is 7.84. The largest absolute Gasteiger partial charge is 0.496 e. The molecule has 0 unspecified atom stereocenters. The molecule has 0 heterocycles. The monoisotopic (exact) mass is 324 g/mol. The Morgan fingerprint density at radius 2 is 1.50 bits per heavy atom. The van der Waals surface area contributed by atoms with E-state index in [2.05, 4.69) is 41.5 Å². The highest BCUT2D eigenvalue weighted by Crippen LogP contribution is 2.40. The summed E-state index contributed by atoms with van der Waals surface area (Å²) in [6.07, 6.45) is 1.20. The van der Waals surface area contributed by atoms with Crippen LogP contribution in [0.5, 0.6) is 5.75 Å². The lowest BCUT2D eigenvalue weighted by atomic mass is 9.78. The van der Waals surface area contributed by atoms with Crippen molar-refractivity contribution in [1.29, 1.82) is 0 Å². The smallest absolute Gasteiger partial charge is 0.162 e. The van der Waals surface area contributed by atoms with Crippen molar-refractivity contribution in [3.05, 3.63) is 28.8 Å². The Kier molecular flexibility index (Phi) is 6.09. The van der Waals surface area contributed by atoms with Gasteiger partial charge in [-0.05, 0) is 29.4 Å². The Balaban J connectivity index is 3.53. The zero-order chi connectivity index (χ0) is 17.1. The van der Waals surface area contributed by atoms with Crippen molar-refractivity contribution in [2.75, 3.05) is 13.0 Å². The average molecular weight is 325 g/mol. The first-order valence-corrected chi connectivity index (χ1v) is 8.38. The van der Waals surface area contributed by atoms with E-state index in [1.165, 1.54) is 0 Å². The molecular weight excluding hydrogens is 296 g/mol. The molecule has 0 radical (unpaired) electrons. The second-order valence-corrected chi connectivity index (χ2v) is 8.20. The number of benzene rings is 1. The third-order valence-electron chi connectivity index (χ3n) is 3.77. The molecule has 2 nitrogen and oxygen atoms in total. The Labute approximate surface area is 140 Å². The van der Waals surface area contributed by atoms with Crippen molar-refractivity contribution in [3.63, 3.8) is 0 Å². The summed E-state index contributed by atoms with van der Waals surface area (Å²) < 4.78 is 5.71. The average Bonchev–Trinajstić information content (AvgIpc) is 2.41. The molecule has 0 saturated carbocycles. The number of carbonyl (C=O) groups excluding carboxylic acids is 1. The van der Waals surface area contributed by atoms with Gasteiger partial charge in [-0.25, -0.2) is 0 Å². The summed E-state index contributed by atoms with van der Waals surface area (Å²) >= 11 is 5.72. The quantitative estimate of drug-likeness (QED) is 0.528. The first kappa shape index (κ1) is 19.0. The number of Topliss-reactive ketones (excluding diaryl/α,β-unsaturated/α-hetero) is 1. The molecule has 0 aliphatic carbocycles. The molecule has 22 heavy (non-hydrogen) atoms. The van der Waals surface area contributed by atoms with Gasteiger partial charge in [-0.15, -0.1) is 11.6 Å². The van der Waals surface area contributed by atoms with Crippen molar-refractivity contribution >= 4 is 17.4 Å². The van der Waals surface area contributed by atoms with Crippen LogP contribution in [0.1, 0.15) is 75.9 Å². The van der Waals surface area contributed by atoms with Gasteiger partial charge in [-0.1, -0.05) is 41.5 Å². The van der Waals surface area contributed by atoms with Crippen LogP contribution in [0.25, 0.3) is 0 Å². The molecule has 0 aliphatic heterocycles. The fourth-order valence-corrected chi connectivity index (χ4v) is 2.63. The number of hydrogen-bond acceptors (Lipinski definition) is 2. The van der Waals surface area contributed by atoms with Gasteiger partial charge in [0.25, 0.3) is 0 Å². The van der Waals surface area contributed by atoms with E-state index in [4.69, 9.17) is 16.3 Å². The van der Waals surface area contributed by atoms with E-state index in [0.717, 1.165) is 22.4 Å². The lowest BCUT2D eigenvalue weighted by molar-refractivity contribution is 0.0981. The van der Waals surface area contributed by atoms with E-state index >= 15 is 0 Å². The fraction of sp³-hybridized carbons (Fsp3) is 0.632. The highest BCUT2D eigenvalue weighted by Gasteiger charge is 2.28. The number of carbonyl (C=O) groups is 1. The number of methoxy groups -OCH3 is 1. The van der Waals surface area contributed by atoms with E-state index < -0.39 is 0 Å². The normalized spacial score (nSPS) is 12.4. The van der Waals surface area contributed by atoms with Gasteiger partial charge >= 0.3 is 0 Å². The lowest BCUT2D eigenvalue weighted by Gasteiger charge is -2.29. The molecule has 1 aromatic carbocycles. The van der Waals surface area contributed by atoms with Crippen LogP contribution in [0.3, 0.4) is 0 Å². The molecule has 0 aliphatic rings. The summed E-state index contributed by atoms with van der Waals surface area (Å²) in [7, 11) is 1.70. The highest BCUT2D eigenvalue weighted by atomic mass is 35.5. The van der Waals surface area contributed by atoms with Gasteiger partial charge < -0.3 is 4.74 Å². The second kappa shape index (κ2) is 7.04. The van der Waals surface area contributed by atoms with Gasteiger partial charge in [0.1, 0.15) is 5.75 Å². The highest BCUT2D eigenvalue weighted by molar-refractivity contribution is 6.18. The molecule has 3 heteroatoms. The number of ether oxygens (including phenoxy) is 1. The van der Waals surface area contributed by atoms with Crippen LogP contribution in [0.4, 0.5) is 0 Å². The van der Waals surface area contributed by atoms with Crippen LogP contribution in [0.2, 0.25) is 0 Å². The SMILES string of the molecule is COc1c(C(C)(C)C)cc(C(=O)CCCCl)cc1C(C)(C)C. The van der Waals surface area contributed by atoms with Crippen LogP contribution in [0.15, 0.2) is 12.1 Å². The Bertz CT molecular complexity index is 498. The minimum absolute atomic E-state index is 0.0892. The molecule has 0 fully saturated rings. The molecular formula is C19H29ClO2. The van der Waals surface area contributed by atoms with Crippen LogP contribution in [-0.4, -0.2) is 18.8 Å². The Morgan fingerprint density at radius 3 is 1.82 bits per heavy atom. The summed E-state index contributed by atoms with van der Waals surface area (Å²) in [6.45, 7) is 12.9. The summed E-state index contributed by atoms with van der Waals surface area (Å²) in [4.78, 5) is 12.5. The maximum Gasteiger partial charge on any atom is 0.162 e. The minimum Gasteiger partial charge on any atom is -0.496 e. The second-order valence-electron chi connectivity index (χ2n) is 7.82.